The van der Waals surface area contributed by atoms with E-state index in [1.165, 1.54) is 37.5 Å². The van der Waals surface area contributed by atoms with Gasteiger partial charge in [-0.05, 0) is 25.0 Å². The molecule has 2 N–H and O–H groups in total. The molecule has 1 saturated carbocycles. The molecule has 1 aliphatic carbocycles. The Morgan fingerprint density at radius 3 is 2.42 bits per heavy atom. The van der Waals surface area contributed by atoms with E-state index < -0.39 is 11.8 Å². The molecule has 0 atom stereocenters. The van der Waals surface area contributed by atoms with Crippen LogP contribution in [0.3, 0.4) is 0 Å². The monoisotopic (exact) mass is 265 g/mol. The van der Waals surface area contributed by atoms with E-state index in [2.05, 4.69) is 5.32 Å². The van der Waals surface area contributed by atoms with Gasteiger partial charge < -0.3 is 10.4 Å². The van der Waals surface area contributed by atoms with Gasteiger partial charge in [0.1, 0.15) is 5.82 Å². The number of carboxylic acid groups (broad SMARTS) is 1. The van der Waals surface area contributed by atoms with Gasteiger partial charge in [0, 0.05) is 6.04 Å². The highest BCUT2D eigenvalue weighted by atomic mass is 19.1. The molecule has 4 heteroatoms. The second kappa shape index (κ2) is 6.55. The van der Waals surface area contributed by atoms with Gasteiger partial charge >= 0.3 is 5.97 Å². The fourth-order valence-electron chi connectivity index (χ4n) is 2.65. The van der Waals surface area contributed by atoms with E-state index in [1.807, 2.05) is 0 Å². The molecule has 2 rings (SSSR count). The van der Waals surface area contributed by atoms with Gasteiger partial charge in [0.25, 0.3) is 0 Å². The molecular formula is C15H20FNO2. The van der Waals surface area contributed by atoms with Crippen LogP contribution in [0.5, 0.6) is 0 Å². The van der Waals surface area contributed by atoms with Crippen LogP contribution in [0, 0.1) is 5.82 Å². The molecule has 0 aromatic heterocycles. The summed E-state index contributed by atoms with van der Waals surface area (Å²) in [7, 11) is 0. The van der Waals surface area contributed by atoms with Crippen LogP contribution in [0.4, 0.5) is 10.1 Å². The Bertz CT molecular complexity index is 440. The standard InChI is InChI=1S/C15H20FNO2/c16-13-10-6-9-12(15(18)19)14(13)17-11-7-4-2-1-3-5-8-11/h6,9-11,17H,1-5,7-8H2,(H,18,19). The molecule has 1 fully saturated rings. The van der Waals surface area contributed by atoms with Crippen molar-refractivity contribution in [2.75, 3.05) is 5.32 Å². The van der Waals surface area contributed by atoms with E-state index in [1.54, 1.807) is 0 Å². The van der Waals surface area contributed by atoms with Crippen LogP contribution in [-0.2, 0) is 0 Å². The molecule has 0 saturated heterocycles. The number of carbonyl (C=O) groups is 1. The molecule has 3 nitrogen and oxygen atoms in total. The fraction of sp³-hybridized carbons (Fsp3) is 0.533. The van der Waals surface area contributed by atoms with Crippen molar-refractivity contribution in [3.8, 4) is 0 Å². The zero-order chi connectivity index (χ0) is 13.7. The number of benzene rings is 1. The zero-order valence-corrected chi connectivity index (χ0v) is 11.0. The lowest BCUT2D eigenvalue weighted by atomic mass is 9.96. The van der Waals surface area contributed by atoms with Crippen molar-refractivity contribution in [1.29, 1.82) is 0 Å². The van der Waals surface area contributed by atoms with Gasteiger partial charge in [0.05, 0.1) is 11.3 Å². The Morgan fingerprint density at radius 1 is 1.16 bits per heavy atom. The highest BCUT2D eigenvalue weighted by Crippen LogP contribution is 2.25. The number of anilines is 1. The summed E-state index contributed by atoms with van der Waals surface area (Å²) in [5, 5.41) is 12.2. The number of aromatic carboxylic acids is 1. The summed E-state index contributed by atoms with van der Waals surface area (Å²) in [6.45, 7) is 0. The minimum Gasteiger partial charge on any atom is -0.478 e. The van der Waals surface area contributed by atoms with Crippen molar-refractivity contribution in [1.82, 2.24) is 0 Å². The number of hydrogen-bond acceptors (Lipinski definition) is 2. The van der Waals surface area contributed by atoms with Crippen molar-refractivity contribution in [2.45, 2.75) is 51.0 Å². The predicted molar refractivity (Wildman–Crippen MR) is 73.1 cm³/mol. The first kappa shape index (κ1) is 13.8. The summed E-state index contributed by atoms with van der Waals surface area (Å²) < 4.78 is 13.8. The number of carboxylic acids is 1. The van der Waals surface area contributed by atoms with Crippen LogP contribution in [-0.4, -0.2) is 17.1 Å². The molecule has 1 aromatic rings. The molecule has 0 radical (unpaired) electrons. The van der Waals surface area contributed by atoms with Crippen molar-refractivity contribution in [3.05, 3.63) is 29.6 Å². The average molecular weight is 265 g/mol. The third-order valence-corrected chi connectivity index (χ3v) is 3.70. The fourth-order valence-corrected chi connectivity index (χ4v) is 2.65. The van der Waals surface area contributed by atoms with Crippen LogP contribution in [0.1, 0.15) is 55.3 Å². The molecule has 1 aromatic carbocycles. The Morgan fingerprint density at radius 2 is 1.79 bits per heavy atom. The first-order valence-corrected chi connectivity index (χ1v) is 6.97. The van der Waals surface area contributed by atoms with E-state index in [9.17, 15) is 9.18 Å². The first-order valence-electron chi connectivity index (χ1n) is 6.97. The van der Waals surface area contributed by atoms with Gasteiger partial charge in [-0.15, -0.1) is 0 Å². The second-order valence-corrected chi connectivity index (χ2v) is 5.15. The van der Waals surface area contributed by atoms with E-state index in [0.29, 0.717) is 0 Å². The summed E-state index contributed by atoms with van der Waals surface area (Å²) >= 11 is 0. The largest absolute Gasteiger partial charge is 0.478 e. The second-order valence-electron chi connectivity index (χ2n) is 5.15. The average Bonchev–Trinajstić information content (AvgIpc) is 2.34. The summed E-state index contributed by atoms with van der Waals surface area (Å²) in [6.07, 6.45) is 7.89. The van der Waals surface area contributed by atoms with E-state index >= 15 is 0 Å². The number of hydrogen-bond donors (Lipinski definition) is 2. The third-order valence-electron chi connectivity index (χ3n) is 3.70. The summed E-state index contributed by atoms with van der Waals surface area (Å²) in [5.74, 6) is -1.57. The molecular weight excluding hydrogens is 245 g/mol. The summed E-state index contributed by atoms with van der Waals surface area (Å²) in [6, 6.07) is 4.35. The topological polar surface area (TPSA) is 49.3 Å². The van der Waals surface area contributed by atoms with Crippen molar-refractivity contribution < 1.29 is 14.3 Å². The Hall–Kier alpha value is -1.58. The molecule has 0 unspecified atom stereocenters. The van der Waals surface area contributed by atoms with Gasteiger partial charge in [0.2, 0.25) is 0 Å². The number of nitrogens with one attached hydrogen (secondary N) is 1. The van der Waals surface area contributed by atoms with Crippen LogP contribution in [0.2, 0.25) is 0 Å². The number of para-hydroxylation sites is 1. The lowest BCUT2D eigenvalue weighted by molar-refractivity contribution is 0.0697. The Labute approximate surface area is 112 Å². The van der Waals surface area contributed by atoms with Gasteiger partial charge in [-0.25, -0.2) is 9.18 Å². The molecule has 0 aliphatic heterocycles. The maximum absolute atomic E-state index is 13.8. The van der Waals surface area contributed by atoms with E-state index in [0.717, 1.165) is 25.7 Å². The van der Waals surface area contributed by atoms with Crippen molar-refractivity contribution >= 4 is 11.7 Å². The first-order chi connectivity index (χ1) is 9.18. The zero-order valence-electron chi connectivity index (χ0n) is 11.0. The molecule has 0 amide bonds. The molecule has 0 spiro atoms. The maximum Gasteiger partial charge on any atom is 0.337 e. The Kier molecular flexibility index (Phi) is 4.77. The lowest BCUT2D eigenvalue weighted by Crippen LogP contribution is -2.22. The van der Waals surface area contributed by atoms with Gasteiger partial charge in [-0.2, -0.15) is 0 Å². The van der Waals surface area contributed by atoms with E-state index in [-0.39, 0.29) is 17.3 Å². The minimum atomic E-state index is -1.09. The minimum absolute atomic E-state index is 0.0158. The van der Waals surface area contributed by atoms with Gasteiger partial charge in [-0.1, -0.05) is 38.2 Å². The van der Waals surface area contributed by atoms with Crippen LogP contribution in [0.25, 0.3) is 0 Å². The third kappa shape index (κ3) is 3.69. The Balaban J connectivity index is 2.14. The predicted octanol–water partition coefficient (Wildman–Crippen LogP) is 4.05. The molecule has 0 bridgehead atoms. The van der Waals surface area contributed by atoms with Gasteiger partial charge in [0.15, 0.2) is 0 Å². The quantitative estimate of drug-likeness (QED) is 0.866. The van der Waals surface area contributed by atoms with E-state index in [4.69, 9.17) is 5.11 Å². The highest BCUT2D eigenvalue weighted by molar-refractivity contribution is 5.94. The summed E-state index contributed by atoms with van der Waals surface area (Å²) in [4.78, 5) is 11.1. The SMILES string of the molecule is O=C(O)c1cccc(F)c1NC1CCCCCCC1. The molecule has 19 heavy (non-hydrogen) atoms. The lowest BCUT2D eigenvalue weighted by Gasteiger charge is -2.23. The van der Waals surface area contributed by atoms with Crippen LogP contribution in [0.15, 0.2) is 18.2 Å². The van der Waals surface area contributed by atoms with Crippen molar-refractivity contribution in [2.24, 2.45) is 0 Å². The maximum atomic E-state index is 13.8. The van der Waals surface area contributed by atoms with Crippen LogP contribution >= 0.6 is 0 Å². The normalized spacial score (nSPS) is 17.5. The van der Waals surface area contributed by atoms with Crippen LogP contribution < -0.4 is 5.32 Å². The van der Waals surface area contributed by atoms with Crippen molar-refractivity contribution in [3.63, 3.8) is 0 Å². The van der Waals surface area contributed by atoms with Gasteiger partial charge in [-0.3, -0.25) is 0 Å². The highest BCUT2D eigenvalue weighted by Gasteiger charge is 2.18. The molecule has 0 heterocycles. The summed E-state index contributed by atoms with van der Waals surface area (Å²) in [5.41, 5.74) is 0.155. The number of halogens is 1. The number of rotatable bonds is 3. The smallest absolute Gasteiger partial charge is 0.337 e. The molecule has 104 valence electrons. The molecule has 1 aliphatic rings.